The summed E-state index contributed by atoms with van der Waals surface area (Å²) in [4.78, 5) is 31.9. The van der Waals surface area contributed by atoms with Gasteiger partial charge in [0.2, 0.25) is 5.95 Å². The maximum atomic E-state index is 8.25. The van der Waals surface area contributed by atoms with Crippen molar-refractivity contribution in [3.63, 3.8) is 0 Å². The van der Waals surface area contributed by atoms with Crippen LogP contribution in [-0.4, -0.2) is 38.2 Å². The molecule has 3 N–H and O–H groups in total. The Kier molecular flexibility index (Phi) is 17.1. The van der Waals surface area contributed by atoms with E-state index in [0.717, 1.165) is 31.9 Å². The van der Waals surface area contributed by atoms with Gasteiger partial charge in [-0.2, -0.15) is 0 Å². The van der Waals surface area contributed by atoms with Crippen LogP contribution in [0, 0.1) is 30.6 Å². The number of aromatic nitrogens is 4. The average molecular weight is 477 g/mol. The Morgan fingerprint density at radius 1 is 0.852 bits per heavy atom. The third kappa shape index (κ3) is 20.9. The van der Waals surface area contributed by atoms with Gasteiger partial charge in [0.1, 0.15) is 6.20 Å². The van der Waals surface area contributed by atoms with Crippen LogP contribution in [-0.2, 0) is 22.4 Å². The molecule has 15 heteroatoms. The van der Waals surface area contributed by atoms with E-state index in [-0.39, 0.29) is 22.4 Å². The van der Waals surface area contributed by atoms with Crippen molar-refractivity contribution in [3.8, 4) is 0 Å². The Balaban J connectivity index is 0. The van der Waals surface area contributed by atoms with Gasteiger partial charge in [-0.1, -0.05) is 4.98 Å². The van der Waals surface area contributed by atoms with Crippen LogP contribution in [0.25, 0.3) is 0 Å². The van der Waals surface area contributed by atoms with Gasteiger partial charge in [-0.25, -0.2) is 15.0 Å². The predicted octanol–water partition coefficient (Wildman–Crippen LogP) is 0.509. The van der Waals surface area contributed by atoms with Crippen molar-refractivity contribution in [1.82, 2.24) is 15.0 Å². The predicted molar refractivity (Wildman–Crippen MR) is 89.8 cm³/mol. The van der Waals surface area contributed by atoms with Gasteiger partial charge in [-0.05, 0) is 18.9 Å². The van der Waals surface area contributed by atoms with E-state index in [1.54, 1.807) is 24.7 Å². The molecular weight excluding hydrogens is 460 g/mol. The number of nitrogens with one attached hydrogen (secondary N) is 3. The quantitative estimate of drug-likeness (QED) is 0.243. The maximum absolute atomic E-state index is 8.25. The van der Waals surface area contributed by atoms with Crippen LogP contribution in [0.3, 0.4) is 0 Å². The normalized spacial score (nSPS) is 8.44. The Bertz CT molecular complexity index is 560. The van der Waals surface area contributed by atoms with E-state index >= 15 is 0 Å². The number of unbranched alkanes of at least 4 members (excludes halogenated alkanes) is 1. The summed E-state index contributed by atoms with van der Waals surface area (Å²) in [6, 6.07) is 3.66. The van der Waals surface area contributed by atoms with Gasteiger partial charge in [-0.3, -0.25) is 5.32 Å². The summed E-state index contributed by atoms with van der Waals surface area (Å²) in [6.07, 6.45) is 9.18. The molecule has 0 amide bonds. The van der Waals surface area contributed by atoms with Crippen molar-refractivity contribution in [2.24, 2.45) is 0 Å². The third-order valence-corrected chi connectivity index (χ3v) is 2.35. The van der Waals surface area contributed by atoms with Gasteiger partial charge >= 0.3 is 28.3 Å². The Labute approximate surface area is 168 Å². The van der Waals surface area contributed by atoms with E-state index in [4.69, 9.17) is 30.6 Å². The first-order valence-corrected chi connectivity index (χ1v) is 7.12. The smallest absolute Gasteiger partial charge is 0.356 e. The Hall–Kier alpha value is -3.10. The summed E-state index contributed by atoms with van der Waals surface area (Å²) in [5, 5.41) is 35.9. The van der Waals surface area contributed by atoms with Gasteiger partial charge < -0.3 is 36.0 Å². The Morgan fingerprint density at radius 3 is 1.81 bits per heavy atom. The van der Waals surface area contributed by atoms with Crippen LogP contribution in [0.1, 0.15) is 12.8 Å². The van der Waals surface area contributed by atoms with Crippen LogP contribution >= 0.6 is 0 Å². The van der Waals surface area contributed by atoms with Crippen LogP contribution in [0.2, 0.25) is 0 Å². The van der Waals surface area contributed by atoms with E-state index in [0.29, 0.717) is 5.95 Å². The zero-order valence-corrected chi connectivity index (χ0v) is 15.3. The van der Waals surface area contributed by atoms with E-state index in [2.05, 4.69) is 30.6 Å². The maximum Gasteiger partial charge on any atom is 1.00 e. The molecule has 0 atom stereocenters. The second-order valence-electron chi connectivity index (χ2n) is 4.21. The SMILES string of the molecule is O=[N+]([O-])[O-].O=[N+]([O-])[O-].[Ag+].c1cnc(NCCCCNc2nccc[nH+]2)nc1. The topological polar surface area (TPSA) is 209 Å². The Morgan fingerprint density at radius 2 is 1.33 bits per heavy atom. The number of H-pyrrole nitrogens is 1. The summed E-state index contributed by atoms with van der Waals surface area (Å²) in [5.74, 6) is 1.49. The van der Waals surface area contributed by atoms with Crippen molar-refractivity contribution in [1.29, 1.82) is 0 Å². The molecule has 0 fully saturated rings. The molecule has 0 aliphatic carbocycles. The van der Waals surface area contributed by atoms with Crippen molar-refractivity contribution < 1.29 is 37.5 Å². The van der Waals surface area contributed by atoms with E-state index in [1.807, 2.05) is 12.3 Å². The van der Waals surface area contributed by atoms with E-state index in [9.17, 15) is 0 Å². The minimum absolute atomic E-state index is 0. The second kappa shape index (κ2) is 17.7. The summed E-state index contributed by atoms with van der Waals surface area (Å²) >= 11 is 0. The van der Waals surface area contributed by atoms with Crippen molar-refractivity contribution in [2.45, 2.75) is 12.8 Å². The van der Waals surface area contributed by atoms with Crippen LogP contribution in [0.15, 0.2) is 36.9 Å². The number of hydrogen-bond donors (Lipinski definition) is 2. The standard InChI is InChI=1S/C12H16N6.Ag.2NO3/c1(5-13-11-15-7-3-8-16-11)2-6-14-12-17-9-4-10-18-12;;2*2-1(3)4/h3-4,7-10H,1-2,5-6H2,(H,13,15,16)(H,14,17,18);;;/q;+1;2*-1/p+1. The fraction of sp³-hybridized carbons (Fsp3) is 0.333. The van der Waals surface area contributed by atoms with Crippen molar-refractivity contribution in [2.75, 3.05) is 23.7 Å². The molecule has 0 aliphatic rings. The fourth-order valence-corrected chi connectivity index (χ4v) is 1.47. The molecule has 27 heavy (non-hydrogen) atoms. The molecule has 0 radical (unpaired) electrons. The number of anilines is 2. The van der Waals surface area contributed by atoms with Crippen LogP contribution in [0.5, 0.6) is 0 Å². The molecule has 14 nitrogen and oxygen atoms in total. The number of hydrogen-bond acceptors (Lipinski definition) is 11. The van der Waals surface area contributed by atoms with Crippen molar-refractivity contribution >= 4 is 11.9 Å². The first kappa shape index (κ1) is 26.1. The minimum atomic E-state index is -1.75. The molecule has 2 rings (SSSR count). The first-order chi connectivity index (χ1) is 12.4. The van der Waals surface area contributed by atoms with Crippen LogP contribution < -0.4 is 15.6 Å². The molecule has 2 aromatic rings. The molecule has 0 spiro atoms. The molecule has 2 heterocycles. The van der Waals surface area contributed by atoms with Gasteiger partial charge in [0.15, 0.2) is 0 Å². The second-order valence-corrected chi connectivity index (χ2v) is 4.21. The van der Waals surface area contributed by atoms with Crippen molar-refractivity contribution in [3.05, 3.63) is 67.6 Å². The van der Waals surface area contributed by atoms with Crippen LogP contribution in [0.4, 0.5) is 11.9 Å². The fourth-order valence-electron chi connectivity index (χ4n) is 1.47. The average Bonchev–Trinajstić information content (AvgIpc) is 2.59. The largest absolute Gasteiger partial charge is 1.00 e. The molecule has 0 unspecified atom stereocenters. The summed E-state index contributed by atoms with van der Waals surface area (Å²) in [6.45, 7) is 1.77. The zero-order valence-electron chi connectivity index (χ0n) is 13.8. The minimum Gasteiger partial charge on any atom is -0.356 e. The molecule has 2 aromatic heterocycles. The summed E-state index contributed by atoms with van der Waals surface area (Å²) < 4.78 is 0. The van der Waals surface area contributed by atoms with Gasteiger partial charge in [0.05, 0.1) is 22.9 Å². The van der Waals surface area contributed by atoms with Gasteiger partial charge in [-0.15, -0.1) is 0 Å². The third-order valence-electron chi connectivity index (χ3n) is 2.35. The number of nitrogens with zero attached hydrogens (tertiary/aromatic N) is 5. The van der Waals surface area contributed by atoms with E-state index < -0.39 is 10.2 Å². The monoisotopic (exact) mass is 476 g/mol. The number of aromatic amines is 1. The zero-order chi connectivity index (χ0) is 19.6. The molecule has 0 saturated heterocycles. The molecule has 0 aliphatic heterocycles. The molecule has 0 saturated carbocycles. The molecule has 0 bridgehead atoms. The number of rotatable bonds is 7. The first-order valence-electron chi connectivity index (χ1n) is 7.12. The molecular formula is C12H17AgN8O6. The molecule has 152 valence electrons. The van der Waals surface area contributed by atoms with Gasteiger partial charge in [0.25, 0.3) is 0 Å². The van der Waals surface area contributed by atoms with E-state index in [1.165, 1.54) is 0 Å². The summed E-state index contributed by atoms with van der Waals surface area (Å²) in [5.41, 5.74) is 0. The van der Waals surface area contributed by atoms with Gasteiger partial charge in [0, 0.05) is 25.0 Å². The molecule has 0 aromatic carbocycles. The summed E-state index contributed by atoms with van der Waals surface area (Å²) in [7, 11) is 0.